The van der Waals surface area contributed by atoms with E-state index in [1.807, 2.05) is 36.4 Å². The van der Waals surface area contributed by atoms with Gasteiger partial charge in [-0.2, -0.15) is 4.52 Å². The van der Waals surface area contributed by atoms with Crippen LogP contribution in [0, 0.1) is 0 Å². The molecular weight excluding hydrogens is 714 g/mol. The maximum Gasteiger partial charge on any atom is 0.238 e. The quantitative estimate of drug-likeness (QED) is 0.117. The summed E-state index contributed by atoms with van der Waals surface area (Å²) in [5, 5.41) is 2.02. The molecule has 2 atom stereocenters. The van der Waals surface area contributed by atoms with Crippen LogP contribution < -0.4 is 10.6 Å². The molecule has 0 aromatic heterocycles. The van der Waals surface area contributed by atoms with Crippen LogP contribution in [0.25, 0.3) is 0 Å². The minimum Gasteiger partial charge on any atom is -0.231 e. The van der Waals surface area contributed by atoms with E-state index in [2.05, 4.69) is 155 Å². The van der Waals surface area contributed by atoms with Crippen LogP contribution in [0.2, 0.25) is 0 Å². The third-order valence-electron chi connectivity index (χ3n) is 8.50. The van der Waals surface area contributed by atoms with Crippen molar-refractivity contribution in [3.8, 4) is 0 Å². The highest BCUT2D eigenvalue weighted by molar-refractivity contribution is 8.05. The summed E-state index contributed by atoms with van der Waals surface area (Å²) in [7, 11) is -2.96. The maximum absolute atomic E-state index is 8.15. The third kappa shape index (κ3) is 8.02. The van der Waals surface area contributed by atoms with Crippen molar-refractivity contribution in [2.24, 2.45) is 13.5 Å². The van der Waals surface area contributed by atoms with Crippen molar-refractivity contribution in [1.29, 1.82) is 0 Å². The molecule has 0 radical (unpaired) electrons. The molecular formula is C40H38Cl2N5P3. The Hall–Kier alpha value is -3.49. The zero-order valence-electron chi connectivity index (χ0n) is 27.5. The summed E-state index contributed by atoms with van der Waals surface area (Å²) in [6.07, 6.45) is 0. The Bertz CT molecular complexity index is 1950. The van der Waals surface area contributed by atoms with Gasteiger partial charge >= 0.3 is 0 Å². The van der Waals surface area contributed by atoms with Crippen molar-refractivity contribution < 1.29 is 0 Å². The van der Waals surface area contributed by atoms with E-state index in [0.717, 1.165) is 32.9 Å². The van der Waals surface area contributed by atoms with Gasteiger partial charge in [-0.1, -0.05) is 182 Å². The van der Waals surface area contributed by atoms with Crippen LogP contribution in [0.3, 0.4) is 0 Å². The summed E-state index contributed by atoms with van der Waals surface area (Å²) in [5.41, 5.74) is 4.51. The number of hydrogen-bond donors (Lipinski definition) is 0. The van der Waals surface area contributed by atoms with Crippen molar-refractivity contribution in [1.82, 2.24) is 9.34 Å². The molecule has 7 rings (SSSR count). The SMILES string of the molecule is ClP1(N(Cc2ccccc2)Cc2ccccc2)=NP(c2ccccc2)(c2ccccc2)=NP(Cl)(N(Cc2ccccc2)Cc2ccccc2)=N1. The van der Waals surface area contributed by atoms with Crippen LogP contribution in [-0.2, 0) is 26.2 Å². The fourth-order valence-corrected chi connectivity index (χ4v) is 21.9. The maximum atomic E-state index is 8.15. The lowest BCUT2D eigenvalue weighted by atomic mass is 10.2. The molecule has 50 heavy (non-hydrogen) atoms. The average molecular weight is 753 g/mol. The smallest absolute Gasteiger partial charge is 0.231 e. The molecule has 0 bridgehead atoms. The van der Waals surface area contributed by atoms with Crippen molar-refractivity contribution in [3.63, 3.8) is 0 Å². The lowest BCUT2D eigenvalue weighted by Crippen LogP contribution is -2.23. The second-order valence-corrected chi connectivity index (χ2v) is 22.3. The van der Waals surface area contributed by atoms with E-state index in [4.69, 9.17) is 36.0 Å². The standard InChI is InChI=1S/C40H38Cl2N5P3/c41-49(46(31-35-19-7-1-8-20-35)32-36-21-9-2-10-22-36)43-48(39-27-15-5-16-28-39,40-29-17-6-18-30-40)44-50(42,45-49)47(33-37-23-11-3-12-24-37)34-38-25-13-4-14-26-38/h1-30H,31-34H2. The predicted molar refractivity (Wildman–Crippen MR) is 216 cm³/mol. The van der Waals surface area contributed by atoms with Crippen LogP contribution in [0.15, 0.2) is 196 Å². The first-order valence-corrected chi connectivity index (χ1v) is 23.3. The lowest BCUT2D eigenvalue weighted by Gasteiger charge is -2.40. The zero-order valence-corrected chi connectivity index (χ0v) is 31.7. The van der Waals surface area contributed by atoms with E-state index in [1.165, 1.54) is 0 Å². The largest absolute Gasteiger partial charge is 0.238 e. The Labute approximate surface area is 305 Å². The number of halogens is 2. The highest BCUT2D eigenvalue weighted by Crippen LogP contribution is 2.83. The fourth-order valence-electron chi connectivity index (χ4n) is 6.03. The highest BCUT2D eigenvalue weighted by atomic mass is 35.7. The molecule has 2 unspecified atom stereocenters. The Kier molecular flexibility index (Phi) is 11.0. The van der Waals surface area contributed by atoms with Gasteiger partial charge in [0.25, 0.3) is 0 Å². The van der Waals surface area contributed by atoms with Gasteiger partial charge in [-0.15, -0.1) is 0 Å². The van der Waals surface area contributed by atoms with Gasteiger partial charge in [0.2, 0.25) is 13.4 Å². The molecule has 0 saturated carbocycles. The summed E-state index contributed by atoms with van der Waals surface area (Å²) in [5.74, 6) is 0. The zero-order chi connectivity index (χ0) is 34.3. The van der Waals surface area contributed by atoms with Gasteiger partial charge < -0.3 is 0 Å². The fraction of sp³-hybridized carbons (Fsp3) is 0.100. The van der Waals surface area contributed by atoms with Crippen molar-refractivity contribution in [2.45, 2.75) is 26.2 Å². The van der Waals surface area contributed by atoms with Crippen LogP contribution >= 0.6 is 43.1 Å². The molecule has 1 aliphatic heterocycles. The molecule has 0 spiro atoms. The van der Waals surface area contributed by atoms with Crippen LogP contribution in [0.5, 0.6) is 0 Å². The second-order valence-electron chi connectivity index (χ2n) is 12.1. The van der Waals surface area contributed by atoms with Gasteiger partial charge in [-0.3, -0.25) is 0 Å². The van der Waals surface area contributed by atoms with Gasteiger partial charge in [0.1, 0.15) is 7.21 Å². The molecule has 0 amide bonds. The van der Waals surface area contributed by atoms with E-state index in [9.17, 15) is 0 Å². The van der Waals surface area contributed by atoms with Crippen molar-refractivity contribution >= 4 is 53.7 Å². The topological polar surface area (TPSA) is 43.6 Å². The van der Waals surface area contributed by atoms with Gasteiger partial charge in [0.05, 0.1) is 0 Å². The predicted octanol–water partition coefficient (Wildman–Crippen LogP) is 12.5. The van der Waals surface area contributed by atoms with Crippen LogP contribution in [-0.4, -0.2) is 9.34 Å². The molecule has 0 aliphatic carbocycles. The van der Waals surface area contributed by atoms with Crippen LogP contribution in [0.1, 0.15) is 22.3 Å². The van der Waals surface area contributed by atoms with Gasteiger partial charge in [-0.05, 0) is 44.7 Å². The Morgan fingerprint density at radius 2 is 0.600 bits per heavy atom. The average Bonchev–Trinajstić information content (AvgIpc) is 3.16. The minimum atomic E-state index is -3.25. The molecule has 6 aromatic rings. The molecule has 5 nitrogen and oxygen atoms in total. The van der Waals surface area contributed by atoms with Crippen LogP contribution in [0.4, 0.5) is 0 Å². The minimum absolute atomic E-state index is 0.553. The first-order chi connectivity index (χ1) is 24.4. The third-order valence-corrected chi connectivity index (χ3v) is 22.0. The van der Waals surface area contributed by atoms with E-state index < -0.39 is 20.6 Å². The van der Waals surface area contributed by atoms with E-state index in [1.54, 1.807) is 0 Å². The number of hydrogen-bond acceptors (Lipinski definition) is 5. The Morgan fingerprint density at radius 3 is 0.900 bits per heavy atom. The molecule has 252 valence electrons. The van der Waals surface area contributed by atoms with Crippen molar-refractivity contribution in [3.05, 3.63) is 204 Å². The van der Waals surface area contributed by atoms with E-state index in [-0.39, 0.29) is 0 Å². The van der Waals surface area contributed by atoms with Gasteiger partial charge in [0, 0.05) is 36.8 Å². The number of benzene rings is 6. The summed E-state index contributed by atoms with van der Waals surface area (Å²) in [6.45, 7) is -4.30. The monoisotopic (exact) mass is 751 g/mol. The first kappa shape index (κ1) is 34.9. The first-order valence-electron chi connectivity index (χ1n) is 16.5. The van der Waals surface area contributed by atoms with E-state index in [0.29, 0.717) is 26.2 Å². The molecule has 0 fully saturated rings. The molecule has 6 aromatic carbocycles. The van der Waals surface area contributed by atoms with Gasteiger partial charge in [0.15, 0.2) is 0 Å². The Balaban J connectivity index is 1.52. The molecule has 0 saturated heterocycles. The molecule has 0 N–H and O–H groups in total. The number of rotatable bonds is 12. The van der Waals surface area contributed by atoms with Gasteiger partial charge in [-0.25, -0.2) is 18.4 Å². The van der Waals surface area contributed by atoms with Crippen molar-refractivity contribution in [2.75, 3.05) is 0 Å². The lowest BCUT2D eigenvalue weighted by molar-refractivity contribution is 0.440. The molecule has 1 aliphatic rings. The summed E-state index contributed by atoms with van der Waals surface area (Å²) < 4.78 is 21.6. The van der Waals surface area contributed by atoms with E-state index >= 15 is 0 Å². The summed E-state index contributed by atoms with van der Waals surface area (Å²) >= 11 is 16.3. The summed E-state index contributed by atoms with van der Waals surface area (Å²) in [4.78, 5) is 0. The molecule has 1 heterocycles. The number of nitrogens with zero attached hydrogens (tertiary/aromatic N) is 5. The highest BCUT2D eigenvalue weighted by Gasteiger charge is 2.43. The molecule has 10 heteroatoms. The normalized spacial score (nSPS) is 19.7. The Morgan fingerprint density at radius 1 is 0.340 bits per heavy atom. The summed E-state index contributed by atoms with van der Waals surface area (Å²) in [6, 6.07) is 62.4. The second kappa shape index (κ2) is 15.8.